The van der Waals surface area contributed by atoms with E-state index < -0.39 is 0 Å². The Morgan fingerprint density at radius 1 is 1.40 bits per heavy atom. The van der Waals surface area contributed by atoms with Crippen LogP contribution in [0.1, 0.15) is 36.8 Å². The summed E-state index contributed by atoms with van der Waals surface area (Å²) in [6, 6.07) is 6.21. The topological polar surface area (TPSA) is 29.9 Å². The van der Waals surface area contributed by atoms with E-state index in [1.807, 2.05) is 16.8 Å². The number of halogens is 2. The molecule has 0 fully saturated rings. The van der Waals surface area contributed by atoms with Crippen molar-refractivity contribution in [2.24, 2.45) is 0 Å². The number of hydrogen-bond donors (Lipinski definition) is 1. The van der Waals surface area contributed by atoms with Gasteiger partial charge in [-0.1, -0.05) is 11.6 Å². The molecule has 20 heavy (non-hydrogen) atoms. The number of anilines is 1. The van der Waals surface area contributed by atoms with Crippen molar-refractivity contribution >= 4 is 39.9 Å². The Kier molecular flexibility index (Phi) is 4.96. The average molecular weight is 404 g/mol. The lowest BCUT2D eigenvalue weighted by atomic mass is 10.1. The van der Waals surface area contributed by atoms with Gasteiger partial charge in [-0.25, -0.2) is 0 Å². The molecule has 1 atom stereocenters. The average Bonchev–Trinajstić information content (AvgIpc) is 2.67. The largest absolute Gasteiger partial charge is 0.377 e. The summed E-state index contributed by atoms with van der Waals surface area (Å²) in [6.45, 7) is 9.32. The summed E-state index contributed by atoms with van der Waals surface area (Å²) < 4.78 is 3.18. The normalized spacial score (nSPS) is 12.5. The Morgan fingerprint density at radius 3 is 2.65 bits per heavy atom. The van der Waals surface area contributed by atoms with E-state index in [4.69, 9.17) is 11.6 Å². The summed E-state index contributed by atoms with van der Waals surface area (Å²) in [6.07, 6.45) is 0. The molecule has 0 radical (unpaired) electrons. The third-order valence-electron chi connectivity index (χ3n) is 3.47. The summed E-state index contributed by atoms with van der Waals surface area (Å²) in [5.41, 5.74) is 4.50. The molecule has 0 aliphatic heterocycles. The highest BCUT2D eigenvalue weighted by atomic mass is 127. The van der Waals surface area contributed by atoms with E-state index in [-0.39, 0.29) is 6.04 Å². The molecule has 1 N–H and O–H groups in total. The molecule has 1 aromatic heterocycles. The molecule has 1 unspecified atom stereocenters. The molecule has 1 heterocycles. The molecule has 1 aromatic carbocycles. The Balaban J connectivity index is 2.28. The van der Waals surface area contributed by atoms with E-state index in [9.17, 15) is 0 Å². The molecule has 3 nitrogen and oxygen atoms in total. The number of rotatable bonds is 4. The van der Waals surface area contributed by atoms with Crippen molar-refractivity contribution in [2.45, 2.75) is 40.3 Å². The van der Waals surface area contributed by atoms with Crippen molar-refractivity contribution in [1.82, 2.24) is 9.78 Å². The van der Waals surface area contributed by atoms with Gasteiger partial charge < -0.3 is 5.32 Å². The van der Waals surface area contributed by atoms with Crippen LogP contribution in [0.4, 0.5) is 5.69 Å². The fourth-order valence-corrected chi connectivity index (χ4v) is 3.47. The third kappa shape index (κ3) is 3.11. The zero-order valence-electron chi connectivity index (χ0n) is 12.2. The van der Waals surface area contributed by atoms with Crippen LogP contribution in [0.5, 0.6) is 0 Å². The molecule has 0 saturated carbocycles. The first-order valence-electron chi connectivity index (χ1n) is 6.69. The van der Waals surface area contributed by atoms with E-state index in [0.717, 1.165) is 26.5 Å². The van der Waals surface area contributed by atoms with Crippen LogP contribution >= 0.6 is 34.2 Å². The predicted octanol–water partition coefficient (Wildman–Crippen LogP) is 4.95. The van der Waals surface area contributed by atoms with E-state index in [2.05, 4.69) is 66.8 Å². The highest BCUT2D eigenvalue weighted by Crippen LogP contribution is 2.30. The Morgan fingerprint density at radius 2 is 2.10 bits per heavy atom. The van der Waals surface area contributed by atoms with Crippen LogP contribution in [0.3, 0.4) is 0 Å². The Bertz CT molecular complexity index is 622. The maximum Gasteiger partial charge on any atom is 0.0649 e. The second kappa shape index (κ2) is 6.35. The number of aromatic nitrogens is 2. The van der Waals surface area contributed by atoms with Gasteiger partial charge in [0, 0.05) is 21.4 Å². The fourth-order valence-electron chi connectivity index (χ4n) is 2.56. The number of nitrogens with one attached hydrogen (secondary N) is 1. The number of benzene rings is 1. The minimum Gasteiger partial charge on any atom is -0.377 e. The Hall–Kier alpha value is -0.750. The van der Waals surface area contributed by atoms with Crippen LogP contribution in [-0.2, 0) is 6.54 Å². The number of aryl methyl sites for hydroxylation is 2. The van der Waals surface area contributed by atoms with Crippen LogP contribution in [0.25, 0.3) is 0 Å². The summed E-state index contributed by atoms with van der Waals surface area (Å²) >= 11 is 8.55. The van der Waals surface area contributed by atoms with Gasteiger partial charge in [0.05, 0.1) is 22.4 Å². The second-order valence-electron chi connectivity index (χ2n) is 4.89. The molecule has 5 heteroatoms. The first kappa shape index (κ1) is 15.6. The highest BCUT2D eigenvalue weighted by Gasteiger charge is 2.17. The van der Waals surface area contributed by atoms with Crippen molar-refractivity contribution in [3.8, 4) is 0 Å². The van der Waals surface area contributed by atoms with Gasteiger partial charge in [-0.15, -0.1) is 0 Å². The molecule has 0 bridgehead atoms. The lowest BCUT2D eigenvalue weighted by Gasteiger charge is -2.17. The van der Waals surface area contributed by atoms with Gasteiger partial charge in [0.1, 0.15) is 0 Å². The highest BCUT2D eigenvalue weighted by molar-refractivity contribution is 14.1. The lowest BCUT2D eigenvalue weighted by Crippen LogP contribution is -2.09. The van der Waals surface area contributed by atoms with E-state index in [0.29, 0.717) is 0 Å². The van der Waals surface area contributed by atoms with Crippen molar-refractivity contribution in [3.63, 3.8) is 0 Å². The van der Waals surface area contributed by atoms with Crippen LogP contribution in [-0.4, -0.2) is 9.78 Å². The standard InChI is InChI=1S/C15H19ClIN3/c1-5-20-11(4)15(10(3)19-20)9(2)18-14-7-6-12(17)8-13(14)16/h6-9,18H,5H2,1-4H3. The smallest absolute Gasteiger partial charge is 0.0649 e. The van der Waals surface area contributed by atoms with Gasteiger partial charge in [0.15, 0.2) is 0 Å². The quantitative estimate of drug-likeness (QED) is 0.732. The van der Waals surface area contributed by atoms with Crippen LogP contribution in [0.2, 0.25) is 5.02 Å². The monoisotopic (exact) mass is 403 g/mol. The zero-order valence-corrected chi connectivity index (χ0v) is 15.1. The number of nitrogens with zero attached hydrogens (tertiary/aromatic N) is 2. The van der Waals surface area contributed by atoms with Crippen molar-refractivity contribution in [3.05, 3.63) is 43.7 Å². The van der Waals surface area contributed by atoms with Gasteiger partial charge in [-0.05, 0) is 68.5 Å². The van der Waals surface area contributed by atoms with Crippen molar-refractivity contribution < 1.29 is 0 Å². The van der Waals surface area contributed by atoms with Crippen LogP contribution in [0.15, 0.2) is 18.2 Å². The van der Waals surface area contributed by atoms with Gasteiger partial charge in [-0.3, -0.25) is 4.68 Å². The molecule has 0 spiro atoms. The molecule has 2 aromatic rings. The van der Waals surface area contributed by atoms with Gasteiger partial charge in [-0.2, -0.15) is 5.10 Å². The van der Waals surface area contributed by atoms with Gasteiger partial charge in [0.25, 0.3) is 0 Å². The van der Waals surface area contributed by atoms with Crippen molar-refractivity contribution in [2.75, 3.05) is 5.32 Å². The van der Waals surface area contributed by atoms with Gasteiger partial charge >= 0.3 is 0 Å². The summed E-state index contributed by atoms with van der Waals surface area (Å²) in [4.78, 5) is 0. The first-order chi connectivity index (χ1) is 9.43. The predicted molar refractivity (Wildman–Crippen MR) is 93.6 cm³/mol. The molecule has 108 valence electrons. The summed E-state index contributed by atoms with van der Waals surface area (Å²) in [5.74, 6) is 0. The lowest BCUT2D eigenvalue weighted by molar-refractivity contribution is 0.632. The number of hydrogen-bond acceptors (Lipinski definition) is 2. The minimum atomic E-state index is 0.174. The van der Waals surface area contributed by atoms with E-state index in [1.165, 1.54) is 11.3 Å². The van der Waals surface area contributed by atoms with E-state index >= 15 is 0 Å². The van der Waals surface area contributed by atoms with Gasteiger partial charge in [0.2, 0.25) is 0 Å². The zero-order chi connectivity index (χ0) is 14.9. The molecular weight excluding hydrogens is 385 g/mol. The molecule has 0 aliphatic carbocycles. The maximum atomic E-state index is 6.28. The molecule has 0 amide bonds. The maximum absolute atomic E-state index is 6.28. The molecule has 0 aliphatic rings. The SMILES string of the molecule is CCn1nc(C)c(C(C)Nc2ccc(I)cc2Cl)c1C. The fraction of sp³-hybridized carbons (Fsp3) is 0.400. The molecular formula is C15H19ClIN3. The van der Waals surface area contributed by atoms with Crippen molar-refractivity contribution in [1.29, 1.82) is 0 Å². The summed E-state index contributed by atoms with van der Waals surface area (Å²) in [5, 5.41) is 8.81. The minimum absolute atomic E-state index is 0.174. The van der Waals surface area contributed by atoms with Crippen LogP contribution in [0, 0.1) is 17.4 Å². The second-order valence-corrected chi connectivity index (χ2v) is 6.54. The molecule has 0 saturated heterocycles. The van der Waals surface area contributed by atoms with E-state index in [1.54, 1.807) is 0 Å². The van der Waals surface area contributed by atoms with Crippen LogP contribution < -0.4 is 5.32 Å². The third-order valence-corrected chi connectivity index (χ3v) is 4.46. The molecule has 2 rings (SSSR count). The Labute approximate surface area is 138 Å². The first-order valence-corrected chi connectivity index (χ1v) is 8.15. The summed E-state index contributed by atoms with van der Waals surface area (Å²) in [7, 11) is 0.